The molecule has 0 aliphatic rings. The number of hydrogen-bond donors (Lipinski definition) is 0. The molecule has 2 aromatic heterocycles. The van der Waals surface area contributed by atoms with E-state index in [1.165, 1.54) is 19.4 Å². The van der Waals surface area contributed by atoms with Crippen molar-refractivity contribution in [3.8, 4) is 10.6 Å². The fraction of sp³-hybridized carbons (Fsp3) is 0.143. The zero-order chi connectivity index (χ0) is 12.7. The minimum atomic E-state index is 1.04. The lowest BCUT2D eigenvalue weighted by Crippen LogP contribution is -1.86. The molecule has 3 aromatic rings. The number of pyridine rings is 1. The van der Waals surface area contributed by atoms with E-state index in [1.54, 1.807) is 11.3 Å². The van der Waals surface area contributed by atoms with Crippen molar-refractivity contribution < 1.29 is 0 Å². The quantitative estimate of drug-likeness (QED) is 0.589. The first-order chi connectivity index (χ1) is 8.66. The summed E-state index contributed by atoms with van der Waals surface area (Å²) < 4.78 is 2.43. The maximum atomic E-state index is 4.74. The minimum Gasteiger partial charge on any atom is -0.260 e. The molecule has 90 valence electrons. The van der Waals surface area contributed by atoms with E-state index >= 15 is 0 Å². The molecule has 0 fully saturated rings. The first-order valence-electron chi connectivity index (χ1n) is 5.64. The molecule has 0 saturated carbocycles. The van der Waals surface area contributed by atoms with Crippen LogP contribution in [0.5, 0.6) is 0 Å². The second-order valence-corrected chi connectivity index (χ2v) is 6.36. The Labute approximate surface area is 123 Å². The first-order valence-corrected chi connectivity index (χ1v) is 7.54. The number of halogens is 1. The molecule has 2 nitrogen and oxygen atoms in total. The zero-order valence-electron chi connectivity index (χ0n) is 10.1. The molecule has 0 N–H and O–H groups in total. The molecule has 0 radical (unpaired) electrons. The van der Waals surface area contributed by atoms with E-state index in [1.807, 2.05) is 19.2 Å². The average Bonchev–Trinajstić information content (AvgIpc) is 2.74. The van der Waals surface area contributed by atoms with Gasteiger partial charge < -0.3 is 0 Å². The Hall–Kier alpha value is -1.01. The van der Waals surface area contributed by atoms with Gasteiger partial charge in [-0.2, -0.15) is 0 Å². The number of rotatable bonds is 1. The van der Waals surface area contributed by atoms with Crippen molar-refractivity contribution in [3.05, 3.63) is 45.3 Å². The van der Waals surface area contributed by atoms with Gasteiger partial charge in [0.15, 0.2) is 0 Å². The maximum absolute atomic E-state index is 4.74. The molecule has 0 bridgehead atoms. The highest BCUT2D eigenvalue weighted by Gasteiger charge is 2.12. The number of fused-ring (bicyclic) bond motifs is 1. The Morgan fingerprint density at radius 2 is 2.00 bits per heavy atom. The number of thiazole rings is 1. The third-order valence-electron chi connectivity index (χ3n) is 2.92. The van der Waals surface area contributed by atoms with Gasteiger partial charge in [0.2, 0.25) is 0 Å². The Bertz CT molecular complexity index is 713. The van der Waals surface area contributed by atoms with Crippen LogP contribution in [0.2, 0.25) is 0 Å². The molecule has 1 aromatic carbocycles. The van der Waals surface area contributed by atoms with Gasteiger partial charge >= 0.3 is 0 Å². The van der Waals surface area contributed by atoms with Crippen molar-refractivity contribution in [2.75, 3.05) is 0 Å². The molecule has 0 atom stereocenters. The highest BCUT2D eigenvalue weighted by molar-refractivity contribution is 14.1. The van der Waals surface area contributed by atoms with Crippen LogP contribution < -0.4 is 0 Å². The summed E-state index contributed by atoms with van der Waals surface area (Å²) in [4.78, 5) is 9.07. The van der Waals surface area contributed by atoms with Gasteiger partial charge in [-0.1, -0.05) is 12.1 Å². The molecule has 0 unspecified atom stereocenters. The van der Waals surface area contributed by atoms with Crippen LogP contribution in [0.4, 0.5) is 0 Å². The molecular formula is C14H11IN2S. The lowest BCUT2D eigenvalue weighted by molar-refractivity contribution is 1.24. The van der Waals surface area contributed by atoms with Crippen molar-refractivity contribution in [3.63, 3.8) is 0 Å². The summed E-state index contributed by atoms with van der Waals surface area (Å²) in [7, 11) is 0. The van der Waals surface area contributed by atoms with Crippen molar-refractivity contribution in [2.24, 2.45) is 0 Å². The third kappa shape index (κ3) is 1.93. The Kier molecular flexibility index (Phi) is 3.07. The summed E-state index contributed by atoms with van der Waals surface area (Å²) in [6.45, 7) is 4.17. The zero-order valence-corrected chi connectivity index (χ0v) is 13.0. The number of aryl methyl sites for hydroxylation is 2. The second-order valence-electron chi connectivity index (χ2n) is 4.20. The van der Waals surface area contributed by atoms with Crippen LogP contribution in [-0.4, -0.2) is 9.97 Å². The third-order valence-corrected chi connectivity index (χ3v) is 5.01. The Balaban J connectivity index is 2.30. The summed E-state index contributed by atoms with van der Waals surface area (Å²) in [5.74, 6) is 0. The highest BCUT2D eigenvalue weighted by Crippen LogP contribution is 2.35. The van der Waals surface area contributed by atoms with Crippen LogP contribution in [0.25, 0.3) is 20.8 Å². The lowest BCUT2D eigenvalue weighted by Gasteiger charge is -2.04. The van der Waals surface area contributed by atoms with Crippen molar-refractivity contribution in [1.82, 2.24) is 9.97 Å². The first kappa shape index (κ1) is 12.0. The maximum Gasteiger partial charge on any atom is 0.126 e. The molecule has 2 heterocycles. The fourth-order valence-corrected chi connectivity index (χ4v) is 4.19. The van der Waals surface area contributed by atoms with Gasteiger partial charge in [0.05, 0.1) is 15.9 Å². The lowest BCUT2D eigenvalue weighted by atomic mass is 10.1. The predicted octanol–water partition coefficient (Wildman–Crippen LogP) is 4.58. The van der Waals surface area contributed by atoms with Crippen molar-refractivity contribution in [1.29, 1.82) is 0 Å². The molecular weight excluding hydrogens is 355 g/mol. The van der Waals surface area contributed by atoms with Gasteiger partial charge in [0.25, 0.3) is 0 Å². The summed E-state index contributed by atoms with van der Waals surface area (Å²) in [6, 6.07) is 8.32. The van der Waals surface area contributed by atoms with E-state index in [2.05, 4.69) is 52.7 Å². The number of aromatic nitrogens is 2. The van der Waals surface area contributed by atoms with Crippen LogP contribution >= 0.6 is 33.9 Å². The second kappa shape index (κ2) is 4.59. The van der Waals surface area contributed by atoms with Gasteiger partial charge in [-0.05, 0) is 54.1 Å². The van der Waals surface area contributed by atoms with E-state index in [4.69, 9.17) is 4.98 Å². The van der Waals surface area contributed by atoms with Crippen molar-refractivity contribution in [2.45, 2.75) is 13.8 Å². The topological polar surface area (TPSA) is 25.8 Å². The number of hydrogen-bond acceptors (Lipinski definition) is 3. The van der Waals surface area contributed by atoms with E-state index in [0.29, 0.717) is 0 Å². The van der Waals surface area contributed by atoms with Gasteiger partial charge in [0, 0.05) is 15.3 Å². The van der Waals surface area contributed by atoms with E-state index in [-0.39, 0.29) is 0 Å². The van der Waals surface area contributed by atoms with E-state index in [0.717, 1.165) is 16.2 Å². The summed E-state index contributed by atoms with van der Waals surface area (Å²) in [5.41, 5.74) is 4.62. The van der Waals surface area contributed by atoms with Crippen LogP contribution in [0.3, 0.4) is 0 Å². The van der Waals surface area contributed by atoms with Gasteiger partial charge in [-0.3, -0.25) is 4.98 Å². The van der Waals surface area contributed by atoms with E-state index in [9.17, 15) is 0 Å². The number of nitrogens with zero attached hydrogens (tertiary/aromatic N) is 2. The van der Waals surface area contributed by atoms with Gasteiger partial charge in [-0.15, -0.1) is 11.3 Å². The Morgan fingerprint density at radius 3 is 2.72 bits per heavy atom. The minimum absolute atomic E-state index is 1.04. The summed E-state index contributed by atoms with van der Waals surface area (Å²) in [6.07, 6.45) is 1.82. The molecule has 4 heteroatoms. The standard InChI is InChI=1S/C14H11IN2S/c1-8-4-3-5-10(15)12(8)14-17-11-6-7-16-9(2)13(11)18-14/h3-7H,1-2H3. The average molecular weight is 366 g/mol. The highest BCUT2D eigenvalue weighted by atomic mass is 127. The molecule has 0 amide bonds. The smallest absolute Gasteiger partial charge is 0.126 e. The van der Waals surface area contributed by atoms with Crippen LogP contribution in [0.1, 0.15) is 11.3 Å². The largest absolute Gasteiger partial charge is 0.260 e. The predicted molar refractivity (Wildman–Crippen MR) is 85.0 cm³/mol. The molecule has 0 aliphatic carbocycles. The molecule has 0 spiro atoms. The molecule has 18 heavy (non-hydrogen) atoms. The van der Waals surface area contributed by atoms with Crippen LogP contribution in [0.15, 0.2) is 30.5 Å². The van der Waals surface area contributed by atoms with Crippen LogP contribution in [0, 0.1) is 17.4 Å². The monoisotopic (exact) mass is 366 g/mol. The van der Waals surface area contributed by atoms with Crippen LogP contribution in [-0.2, 0) is 0 Å². The van der Waals surface area contributed by atoms with Crippen molar-refractivity contribution >= 4 is 44.1 Å². The fourth-order valence-electron chi connectivity index (χ4n) is 1.99. The summed E-state index contributed by atoms with van der Waals surface area (Å²) >= 11 is 4.10. The SMILES string of the molecule is Cc1cccc(I)c1-c1nc2ccnc(C)c2s1. The molecule has 0 saturated heterocycles. The van der Waals surface area contributed by atoms with E-state index < -0.39 is 0 Å². The number of benzene rings is 1. The van der Waals surface area contributed by atoms with Gasteiger partial charge in [0.1, 0.15) is 5.01 Å². The normalized spacial score (nSPS) is 11.1. The molecule has 0 aliphatic heterocycles. The summed E-state index contributed by atoms with van der Waals surface area (Å²) in [5, 5.41) is 1.09. The molecule has 3 rings (SSSR count). The Morgan fingerprint density at radius 1 is 1.17 bits per heavy atom. The van der Waals surface area contributed by atoms with Gasteiger partial charge in [-0.25, -0.2) is 4.98 Å².